The fourth-order valence-corrected chi connectivity index (χ4v) is 3.04. The number of nitrogens with one attached hydrogen (secondary N) is 3. The number of anilines is 1. The van der Waals surface area contributed by atoms with Crippen LogP contribution in [0.15, 0.2) is 35.8 Å². The summed E-state index contributed by atoms with van der Waals surface area (Å²) < 4.78 is 5.31. The third kappa shape index (κ3) is 7.15. The Hall–Kier alpha value is -3.31. The highest BCUT2D eigenvalue weighted by molar-refractivity contribution is 5.96. The van der Waals surface area contributed by atoms with Crippen LogP contribution in [-0.4, -0.2) is 35.1 Å². The first-order chi connectivity index (χ1) is 15.0. The van der Waals surface area contributed by atoms with E-state index in [1.165, 1.54) is 5.57 Å². The molecule has 0 radical (unpaired) electrons. The van der Waals surface area contributed by atoms with Gasteiger partial charge in [0, 0.05) is 12.1 Å². The SMILES string of the molecule is C#CCC.C/C=C\OCc1nc(N)c(C(=O)NCC2=CC=C3CCCNC3N2)nc1C. The minimum absolute atomic E-state index is 0.0962. The Morgan fingerprint density at radius 1 is 1.45 bits per heavy atom. The Labute approximate surface area is 184 Å². The first kappa shape index (κ1) is 24.0. The fraction of sp³-hybridized carbons (Fsp3) is 0.435. The molecule has 1 aromatic rings. The zero-order valence-corrected chi connectivity index (χ0v) is 18.5. The first-order valence-electron chi connectivity index (χ1n) is 10.5. The van der Waals surface area contributed by atoms with E-state index < -0.39 is 0 Å². The van der Waals surface area contributed by atoms with Crippen LogP contribution in [0.3, 0.4) is 0 Å². The smallest absolute Gasteiger partial charge is 0.274 e. The number of hydrogen-bond acceptors (Lipinski definition) is 7. The largest absolute Gasteiger partial charge is 0.495 e. The number of nitrogens with two attached hydrogens (primary N) is 1. The van der Waals surface area contributed by atoms with Crippen molar-refractivity contribution in [1.82, 2.24) is 25.9 Å². The summed E-state index contributed by atoms with van der Waals surface area (Å²) >= 11 is 0. The molecule has 0 bridgehead atoms. The molecular formula is C23H32N6O2. The highest BCUT2D eigenvalue weighted by Gasteiger charge is 2.22. The molecule has 8 heteroatoms. The van der Waals surface area contributed by atoms with Crippen LogP contribution in [0.1, 0.15) is 55.0 Å². The Morgan fingerprint density at radius 2 is 2.23 bits per heavy atom. The molecule has 31 heavy (non-hydrogen) atoms. The van der Waals surface area contributed by atoms with Crippen molar-refractivity contribution in [3.63, 3.8) is 0 Å². The van der Waals surface area contributed by atoms with Crippen molar-refractivity contribution in [2.45, 2.75) is 52.8 Å². The monoisotopic (exact) mass is 424 g/mol. The average Bonchev–Trinajstić information content (AvgIpc) is 2.79. The van der Waals surface area contributed by atoms with Gasteiger partial charge in [-0.05, 0) is 44.9 Å². The Morgan fingerprint density at radius 3 is 2.94 bits per heavy atom. The van der Waals surface area contributed by atoms with Crippen LogP contribution in [0.5, 0.6) is 0 Å². The molecule has 0 spiro atoms. The number of aryl methyl sites for hydroxylation is 1. The number of rotatable bonds is 6. The number of amides is 1. The molecule has 3 rings (SSSR count). The van der Waals surface area contributed by atoms with E-state index >= 15 is 0 Å². The van der Waals surface area contributed by atoms with Crippen molar-refractivity contribution < 1.29 is 9.53 Å². The second kappa shape index (κ2) is 12.4. The molecule has 5 N–H and O–H groups in total. The van der Waals surface area contributed by atoms with Crippen LogP contribution < -0.4 is 21.7 Å². The third-order valence-electron chi connectivity index (χ3n) is 4.70. The topological polar surface area (TPSA) is 114 Å². The summed E-state index contributed by atoms with van der Waals surface area (Å²) in [6.45, 7) is 7.20. The number of aromatic nitrogens is 2. The minimum Gasteiger partial charge on any atom is -0.495 e. The summed E-state index contributed by atoms with van der Waals surface area (Å²) in [6.07, 6.45) is 15.5. The number of carbonyl (C=O) groups is 1. The summed E-state index contributed by atoms with van der Waals surface area (Å²) in [4.78, 5) is 21.1. The van der Waals surface area contributed by atoms with Gasteiger partial charge in [-0.1, -0.05) is 19.1 Å². The number of nitrogens with zero attached hydrogens (tertiary/aromatic N) is 2. The third-order valence-corrected chi connectivity index (χ3v) is 4.70. The number of nitrogen functional groups attached to an aromatic ring is 1. The molecular weight excluding hydrogens is 392 g/mol. The van der Waals surface area contributed by atoms with Crippen LogP contribution in [0.25, 0.3) is 0 Å². The lowest BCUT2D eigenvalue weighted by molar-refractivity contribution is 0.0951. The Bertz CT molecular complexity index is 898. The zero-order chi connectivity index (χ0) is 22.6. The summed E-state index contributed by atoms with van der Waals surface area (Å²) in [5, 5.41) is 9.68. The summed E-state index contributed by atoms with van der Waals surface area (Å²) in [6, 6.07) is 0. The van der Waals surface area contributed by atoms with Gasteiger partial charge in [0.15, 0.2) is 11.5 Å². The van der Waals surface area contributed by atoms with Gasteiger partial charge < -0.3 is 21.1 Å². The second-order valence-electron chi connectivity index (χ2n) is 7.08. The van der Waals surface area contributed by atoms with Crippen LogP contribution >= 0.6 is 0 Å². The molecule has 3 heterocycles. The van der Waals surface area contributed by atoms with E-state index in [1.54, 1.807) is 19.3 Å². The predicted octanol–water partition coefficient (Wildman–Crippen LogP) is 2.30. The molecule has 1 aromatic heterocycles. The molecule has 1 saturated heterocycles. The maximum Gasteiger partial charge on any atom is 0.274 e. The number of dihydropyridines is 1. The van der Waals surface area contributed by atoms with Crippen LogP contribution in [-0.2, 0) is 11.3 Å². The van der Waals surface area contributed by atoms with E-state index in [0.29, 0.717) is 17.9 Å². The summed E-state index contributed by atoms with van der Waals surface area (Å²) in [7, 11) is 0. The van der Waals surface area contributed by atoms with Gasteiger partial charge in [0.1, 0.15) is 12.3 Å². The van der Waals surface area contributed by atoms with Crippen molar-refractivity contribution >= 4 is 11.7 Å². The van der Waals surface area contributed by atoms with Gasteiger partial charge in [-0.15, -0.1) is 12.3 Å². The molecule has 2 aliphatic heterocycles. The van der Waals surface area contributed by atoms with Gasteiger partial charge in [0.05, 0.1) is 24.7 Å². The van der Waals surface area contributed by atoms with E-state index in [9.17, 15) is 4.79 Å². The zero-order valence-electron chi connectivity index (χ0n) is 18.5. The second-order valence-corrected chi connectivity index (χ2v) is 7.08. The van der Waals surface area contributed by atoms with Crippen LogP contribution in [0, 0.1) is 19.3 Å². The lowest BCUT2D eigenvalue weighted by atomic mass is 10.00. The molecule has 0 aromatic carbocycles. The summed E-state index contributed by atoms with van der Waals surface area (Å²) in [5.41, 5.74) is 9.57. The number of ether oxygens (including phenoxy) is 1. The van der Waals surface area contributed by atoms with Crippen molar-refractivity contribution in [1.29, 1.82) is 0 Å². The van der Waals surface area contributed by atoms with Crippen LogP contribution in [0.2, 0.25) is 0 Å². The van der Waals surface area contributed by atoms with E-state index in [-0.39, 0.29) is 30.2 Å². The number of carbonyl (C=O) groups excluding carboxylic acids is 1. The van der Waals surface area contributed by atoms with Gasteiger partial charge >= 0.3 is 0 Å². The number of terminal acetylenes is 1. The number of allylic oxidation sites excluding steroid dienone is 3. The van der Waals surface area contributed by atoms with Crippen molar-refractivity contribution in [3.05, 3.63) is 52.8 Å². The lowest BCUT2D eigenvalue weighted by Gasteiger charge is -2.32. The van der Waals surface area contributed by atoms with E-state index in [1.807, 2.05) is 19.9 Å². The molecule has 166 valence electrons. The predicted molar refractivity (Wildman–Crippen MR) is 123 cm³/mol. The first-order valence-corrected chi connectivity index (χ1v) is 10.5. The Balaban J connectivity index is 0.000000785. The summed E-state index contributed by atoms with van der Waals surface area (Å²) in [5.74, 6) is 2.18. The van der Waals surface area contributed by atoms with Gasteiger partial charge in [-0.2, -0.15) is 0 Å². The fourth-order valence-electron chi connectivity index (χ4n) is 3.04. The standard InChI is InChI=1S/C19H26N6O2.C4H6/c1-3-9-27-11-15-12(2)23-16(17(20)25-15)19(26)22-10-14-7-6-13-5-4-8-21-18(13)24-14;1-3-4-2/h3,6-7,9,18,21,24H,4-5,8,10-11H2,1-2H3,(H2,20,25)(H,22,26);1H,4H2,2H3/b9-3-;. The molecule has 2 aliphatic rings. The van der Waals surface area contributed by atoms with Gasteiger partial charge in [0.25, 0.3) is 5.91 Å². The van der Waals surface area contributed by atoms with Gasteiger partial charge in [-0.25, -0.2) is 9.97 Å². The minimum atomic E-state index is -0.349. The molecule has 1 atom stereocenters. The normalized spacial score (nSPS) is 17.2. The number of fused-ring (bicyclic) bond motifs is 1. The highest BCUT2D eigenvalue weighted by atomic mass is 16.5. The quantitative estimate of drug-likeness (QED) is 0.409. The van der Waals surface area contributed by atoms with Crippen molar-refractivity contribution in [2.24, 2.45) is 0 Å². The molecule has 0 saturated carbocycles. The van der Waals surface area contributed by atoms with Gasteiger partial charge in [0.2, 0.25) is 0 Å². The maximum absolute atomic E-state index is 12.5. The molecule has 1 unspecified atom stereocenters. The molecule has 0 aliphatic carbocycles. The van der Waals surface area contributed by atoms with Crippen LogP contribution in [0.4, 0.5) is 5.82 Å². The van der Waals surface area contributed by atoms with Crippen molar-refractivity contribution in [3.8, 4) is 12.3 Å². The van der Waals surface area contributed by atoms with E-state index in [4.69, 9.17) is 16.9 Å². The van der Waals surface area contributed by atoms with E-state index in [2.05, 4.69) is 37.9 Å². The number of piperidine rings is 1. The highest BCUT2D eigenvalue weighted by Crippen LogP contribution is 2.18. The number of hydrogen-bond donors (Lipinski definition) is 4. The van der Waals surface area contributed by atoms with Gasteiger partial charge in [-0.3, -0.25) is 10.1 Å². The molecule has 1 amide bonds. The molecule has 1 fully saturated rings. The molecule has 8 nitrogen and oxygen atoms in total. The average molecular weight is 425 g/mol. The van der Waals surface area contributed by atoms with Crippen molar-refractivity contribution in [2.75, 3.05) is 18.8 Å². The Kier molecular flexibility index (Phi) is 9.59. The van der Waals surface area contributed by atoms with E-state index in [0.717, 1.165) is 31.5 Å². The lowest BCUT2D eigenvalue weighted by Crippen LogP contribution is -2.49. The maximum atomic E-state index is 12.5.